The lowest BCUT2D eigenvalue weighted by molar-refractivity contribution is -0.142. The maximum Gasteiger partial charge on any atom is 0.316 e. The Morgan fingerprint density at radius 2 is 1.87 bits per heavy atom. The van der Waals surface area contributed by atoms with Crippen LogP contribution in [0, 0.1) is 5.92 Å². The Bertz CT molecular complexity index is 603. The fourth-order valence-corrected chi connectivity index (χ4v) is 2.91. The van der Waals surface area contributed by atoms with Gasteiger partial charge in [-0.05, 0) is 31.0 Å². The summed E-state index contributed by atoms with van der Waals surface area (Å²) in [6.45, 7) is 0. The lowest BCUT2D eigenvalue weighted by Gasteiger charge is -2.23. The number of hydrogen-bond donors (Lipinski definition) is 4. The van der Waals surface area contributed by atoms with Crippen LogP contribution in [0.25, 0.3) is 0 Å². The lowest BCUT2D eigenvalue weighted by Crippen LogP contribution is -2.42. The summed E-state index contributed by atoms with van der Waals surface area (Å²) in [5.41, 5.74) is 5.82. The molecule has 5 N–H and O–H groups in total. The number of carbonyl (C=O) groups is 3. The zero-order valence-electron chi connectivity index (χ0n) is 12.7. The van der Waals surface area contributed by atoms with Gasteiger partial charge >= 0.3 is 12.0 Å². The van der Waals surface area contributed by atoms with E-state index in [4.69, 9.17) is 5.73 Å². The van der Waals surface area contributed by atoms with E-state index in [2.05, 4.69) is 10.6 Å². The van der Waals surface area contributed by atoms with Gasteiger partial charge in [-0.25, -0.2) is 4.79 Å². The van der Waals surface area contributed by atoms with Crippen molar-refractivity contribution in [3.8, 4) is 0 Å². The van der Waals surface area contributed by atoms with Crippen LogP contribution in [0.4, 0.5) is 10.5 Å². The number of rotatable bonds is 4. The van der Waals surface area contributed by atoms with E-state index in [0.717, 1.165) is 19.3 Å². The SMILES string of the molecule is NC(=O)Nc1cccc(C(=O)N[C@H]2CCCCC[C@H]2C(=O)O)c1. The molecule has 23 heavy (non-hydrogen) atoms. The summed E-state index contributed by atoms with van der Waals surface area (Å²) < 4.78 is 0. The minimum Gasteiger partial charge on any atom is -0.481 e. The number of primary amides is 1. The van der Waals surface area contributed by atoms with Crippen molar-refractivity contribution in [1.82, 2.24) is 5.32 Å². The Balaban J connectivity index is 2.10. The van der Waals surface area contributed by atoms with E-state index in [-0.39, 0.29) is 11.9 Å². The highest BCUT2D eigenvalue weighted by molar-refractivity contribution is 5.97. The van der Waals surface area contributed by atoms with Gasteiger partial charge in [0.15, 0.2) is 0 Å². The molecule has 2 rings (SSSR count). The topological polar surface area (TPSA) is 122 Å². The standard InChI is InChI=1S/C16H21N3O4/c17-16(23)18-11-6-4-5-10(9-11)14(20)19-13-8-3-1-2-7-12(13)15(21)22/h4-6,9,12-13H,1-3,7-8H2,(H,19,20)(H,21,22)(H3,17,18,23)/t12-,13+/m1/s1. The lowest BCUT2D eigenvalue weighted by atomic mass is 9.94. The number of amides is 3. The molecule has 0 aliphatic heterocycles. The van der Waals surface area contributed by atoms with Crippen molar-refractivity contribution in [3.63, 3.8) is 0 Å². The normalized spacial score (nSPS) is 21.0. The molecular weight excluding hydrogens is 298 g/mol. The Morgan fingerprint density at radius 1 is 1.13 bits per heavy atom. The molecular formula is C16H21N3O4. The van der Waals surface area contributed by atoms with E-state index in [0.29, 0.717) is 24.1 Å². The summed E-state index contributed by atoms with van der Waals surface area (Å²) in [6.07, 6.45) is 3.97. The number of carboxylic acid groups (broad SMARTS) is 1. The molecule has 2 atom stereocenters. The number of urea groups is 1. The van der Waals surface area contributed by atoms with E-state index < -0.39 is 17.9 Å². The van der Waals surface area contributed by atoms with Crippen LogP contribution in [-0.4, -0.2) is 29.1 Å². The third kappa shape index (κ3) is 4.70. The summed E-state index contributed by atoms with van der Waals surface area (Å²) in [5, 5.41) is 14.6. The summed E-state index contributed by atoms with van der Waals surface area (Å²) >= 11 is 0. The van der Waals surface area contributed by atoms with Crippen molar-refractivity contribution in [1.29, 1.82) is 0 Å². The van der Waals surface area contributed by atoms with Crippen LogP contribution >= 0.6 is 0 Å². The number of aliphatic carboxylic acids is 1. The first-order valence-electron chi connectivity index (χ1n) is 7.67. The molecule has 0 radical (unpaired) electrons. The number of nitrogens with two attached hydrogens (primary N) is 1. The highest BCUT2D eigenvalue weighted by Gasteiger charge is 2.30. The number of benzene rings is 1. The molecule has 1 saturated carbocycles. The van der Waals surface area contributed by atoms with Crippen molar-refractivity contribution in [2.75, 3.05) is 5.32 Å². The molecule has 7 nitrogen and oxygen atoms in total. The molecule has 0 unspecified atom stereocenters. The minimum absolute atomic E-state index is 0.351. The monoisotopic (exact) mass is 319 g/mol. The molecule has 0 bridgehead atoms. The van der Waals surface area contributed by atoms with Crippen molar-refractivity contribution in [2.45, 2.75) is 38.1 Å². The van der Waals surface area contributed by atoms with Gasteiger partial charge in [-0.2, -0.15) is 0 Å². The van der Waals surface area contributed by atoms with E-state index in [1.54, 1.807) is 18.2 Å². The third-order valence-corrected chi connectivity index (χ3v) is 4.04. The van der Waals surface area contributed by atoms with Gasteiger partial charge in [0, 0.05) is 17.3 Å². The Kier molecular flexibility index (Phi) is 5.56. The quantitative estimate of drug-likeness (QED) is 0.633. The highest BCUT2D eigenvalue weighted by Crippen LogP contribution is 2.24. The highest BCUT2D eigenvalue weighted by atomic mass is 16.4. The van der Waals surface area contributed by atoms with Gasteiger partial charge in [0.2, 0.25) is 0 Å². The van der Waals surface area contributed by atoms with Gasteiger partial charge in [-0.15, -0.1) is 0 Å². The molecule has 1 fully saturated rings. The van der Waals surface area contributed by atoms with Crippen molar-refractivity contribution >= 4 is 23.6 Å². The van der Waals surface area contributed by atoms with Crippen molar-refractivity contribution in [2.24, 2.45) is 11.7 Å². The second-order valence-corrected chi connectivity index (χ2v) is 5.73. The Labute approximate surface area is 134 Å². The second kappa shape index (κ2) is 7.62. The van der Waals surface area contributed by atoms with Crippen LogP contribution in [0.1, 0.15) is 42.5 Å². The fourth-order valence-electron chi connectivity index (χ4n) is 2.91. The van der Waals surface area contributed by atoms with E-state index in [1.807, 2.05) is 0 Å². The molecule has 0 heterocycles. The zero-order valence-corrected chi connectivity index (χ0v) is 12.7. The average Bonchev–Trinajstić information content (AvgIpc) is 2.72. The average molecular weight is 319 g/mol. The predicted molar refractivity (Wildman–Crippen MR) is 85.1 cm³/mol. The molecule has 1 aromatic carbocycles. The first-order valence-corrected chi connectivity index (χ1v) is 7.67. The van der Waals surface area contributed by atoms with Crippen LogP contribution in [0.3, 0.4) is 0 Å². The molecule has 1 aliphatic carbocycles. The van der Waals surface area contributed by atoms with Crippen molar-refractivity contribution in [3.05, 3.63) is 29.8 Å². The van der Waals surface area contributed by atoms with Crippen LogP contribution in [0.5, 0.6) is 0 Å². The van der Waals surface area contributed by atoms with Crippen LogP contribution in [-0.2, 0) is 4.79 Å². The number of carboxylic acids is 1. The molecule has 0 saturated heterocycles. The van der Waals surface area contributed by atoms with Gasteiger partial charge in [-0.1, -0.05) is 25.3 Å². The van der Waals surface area contributed by atoms with Gasteiger partial charge in [0.25, 0.3) is 5.91 Å². The van der Waals surface area contributed by atoms with Gasteiger partial charge in [0.1, 0.15) is 0 Å². The van der Waals surface area contributed by atoms with Crippen molar-refractivity contribution < 1.29 is 19.5 Å². The van der Waals surface area contributed by atoms with Crippen LogP contribution in [0.15, 0.2) is 24.3 Å². The molecule has 0 spiro atoms. The molecule has 1 aromatic rings. The Morgan fingerprint density at radius 3 is 2.57 bits per heavy atom. The molecule has 1 aliphatic rings. The second-order valence-electron chi connectivity index (χ2n) is 5.73. The number of anilines is 1. The number of carbonyl (C=O) groups excluding carboxylic acids is 2. The molecule has 0 aromatic heterocycles. The van der Waals surface area contributed by atoms with Crippen LogP contribution < -0.4 is 16.4 Å². The first-order chi connectivity index (χ1) is 11.0. The van der Waals surface area contributed by atoms with Gasteiger partial charge in [-0.3, -0.25) is 9.59 Å². The maximum atomic E-state index is 12.4. The van der Waals surface area contributed by atoms with E-state index in [1.165, 1.54) is 6.07 Å². The zero-order chi connectivity index (χ0) is 16.8. The predicted octanol–water partition coefficient (Wildman–Crippen LogP) is 1.94. The fraction of sp³-hybridized carbons (Fsp3) is 0.438. The third-order valence-electron chi connectivity index (χ3n) is 4.04. The summed E-state index contributed by atoms with van der Waals surface area (Å²) in [5.74, 6) is -1.79. The summed E-state index contributed by atoms with van der Waals surface area (Å²) in [6, 6.07) is 5.27. The minimum atomic E-state index is -0.874. The first kappa shape index (κ1) is 16.8. The Hall–Kier alpha value is -2.57. The van der Waals surface area contributed by atoms with Crippen LogP contribution in [0.2, 0.25) is 0 Å². The van der Waals surface area contributed by atoms with E-state index >= 15 is 0 Å². The smallest absolute Gasteiger partial charge is 0.316 e. The number of nitrogens with one attached hydrogen (secondary N) is 2. The van der Waals surface area contributed by atoms with E-state index in [9.17, 15) is 19.5 Å². The molecule has 3 amide bonds. The summed E-state index contributed by atoms with van der Waals surface area (Å²) in [7, 11) is 0. The largest absolute Gasteiger partial charge is 0.481 e. The summed E-state index contributed by atoms with van der Waals surface area (Å²) in [4.78, 5) is 34.6. The van der Waals surface area contributed by atoms with Gasteiger partial charge in [0.05, 0.1) is 5.92 Å². The number of hydrogen-bond acceptors (Lipinski definition) is 3. The maximum absolute atomic E-state index is 12.4. The van der Waals surface area contributed by atoms with Gasteiger partial charge < -0.3 is 21.5 Å². The molecule has 124 valence electrons. The molecule has 7 heteroatoms.